The summed E-state index contributed by atoms with van der Waals surface area (Å²) in [5.41, 5.74) is 2.21. The first-order valence-corrected chi connectivity index (χ1v) is 7.15. The van der Waals surface area contributed by atoms with Crippen molar-refractivity contribution < 1.29 is 14.4 Å². The van der Waals surface area contributed by atoms with Crippen molar-refractivity contribution in [2.75, 3.05) is 0 Å². The summed E-state index contributed by atoms with van der Waals surface area (Å²) in [6.45, 7) is 9.89. The van der Waals surface area contributed by atoms with Crippen LogP contribution >= 0.6 is 0 Å². The fraction of sp³-hybridized carbons (Fsp3) is 0.278. The van der Waals surface area contributed by atoms with Gasteiger partial charge < -0.3 is 9.59 Å². The number of pyridine rings is 2. The number of carbonyl (C=O) groups excluding carboxylic acids is 3. The minimum Gasteiger partial charge on any atom is -0.307 e. The van der Waals surface area contributed by atoms with Gasteiger partial charge in [-0.2, -0.15) is 0 Å². The maximum Gasteiger partial charge on any atom is 0.161 e. The van der Waals surface area contributed by atoms with E-state index < -0.39 is 0 Å². The zero-order valence-corrected chi connectivity index (χ0v) is 14.0. The number of aromatic nitrogens is 2. The maximum absolute atomic E-state index is 11.0. The number of hydrogen-bond acceptors (Lipinski definition) is 5. The Morgan fingerprint density at radius 3 is 1.83 bits per heavy atom. The first-order chi connectivity index (χ1) is 11.2. The highest BCUT2D eigenvalue weighted by atomic mass is 16.1. The topological polar surface area (TPSA) is 77.0 Å². The van der Waals surface area contributed by atoms with Crippen molar-refractivity contribution in [1.29, 1.82) is 0 Å². The summed E-state index contributed by atoms with van der Waals surface area (Å²) >= 11 is 0. The van der Waals surface area contributed by atoms with Gasteiger partial charge in [0, 0.05) is 18.0 Å². The molecule has 0 N–H and O–H groups in total. The molecule has 2 rings (SSSR count). The molecule has 0 spiro atoms. The van der Waals surface area contributed by atoms with Gasteiger partial charge in [-0.3, -0.25) is 14.8 Å². The Bertz CT molecular complexity index is 524. The van der Waals surface area contributed by atoms with Crippen molar-refractivity contribution in [2.45, 2.75) is 33.6 Å². The van der Waals surface area contributed by atoms with E-state index in [1.165, 1.54) is 19.8 Å². The van der Waals surface area contributed by atoms with E-state index in [1.807, 2.05) is 31.8 Å². The molecule has 0 aliphatic carbocycles. The first kappa shape index (κ1) is 22.6. The predicted octanol–water partition coefficient (Wildman–Crippen LogP) is 3.78. The molecule has 0 radical (unpaired) electrons. The SMILES string of the molecule is C=O.C=O.CC(=O)c1ccc(-c2ccccn2)nc1.CCCC. The summed E-state index contributed by atoms with van der Waals surface area (Å²) in [7, 11) is 0. The standard InChI is InChI=1S/C12H10N2O.C4H10.2CH2O/c1-9(15)10-5-6-12(14-8-10)11-4-2-3-7-13-11;1-3-4-2;2*1-2/h2-8H,1H3;3-4H2,1-2H3;2*1H2. The number of hydrogen-bond donors (Lipinski definition) is 0. The first-order valence-electron chi connectivity index (χ1n) is 7.15. The zero-order chi connectivity index (χ0) is 18.1. The van der Waals surface area contributed by atoms with Gasteiger partial charge in [0.25, 0.3) is 0 Å². The number of nitrogens with zero attached hydrogens (tertiary/aromatic N) is 2. The summed E-state index contributed by atoms with van der Waals surface area (Å²) in [5, 5.41) is 0. The molecule has 5 nitrogen and oxygen atoms in total. The Morgan fingerprint density at radius 1 is 0.913 bits per heavy atom. The molecule has 0 aliphatic heterocycles. The van der Waals surface area contributed by atoms with Crippen LogP contribution in [0.25, 0.3) is 11.4 Å². The van der Waals surface area contributed by atoms with Gasteiger partial charge in [0.1, 0.15) is 13.6 Å². The fourth-order valence-corrected chi connectivity index (χ4v) is 1.27. The van der Waals surface area contributed by atoms with Crippen LogP contribution in [0, 0.1) is 0 Å². The van der Waals surface area contributed by atoms with Gasteiger partial charge >= 0.3 is 0 Å². The van der Waals surface area contributed by atoms with E-state index in [2.05, 4.69) is 23.8 Å². The van der Waals surface area contributed by atoms with Crippen molar-refractivity contribution in [2.24, 2.45) is 0 Å². The molecule has 124 valence electrons. The van der Waals surface area contributed by atoms with Crippen LogP contribution in [0.4, 0.5) is 0 Å². The van der Waals surface area contributed by atoms with E-state index in [1.54, 1.807) is 24.5 Å². The highest BCUT2D eigenvalue weighted by Crippen LogP contribution is 2.13. The second-order valence-electron chi connectivity index (χ2n) is 4.20. The van der Waals surface area contributed by atoms with Crippen molar-refractivity contribution in [3.05, 3.63) is 48.3 Å². The third-order valence-electron chi connectivity index (χ3n) is 2.60. The van der Waals surface area contributed by atoms with Crippen LogP contribution in [0.15, 0.2) is 42.7 Å². The van der Waals surface area contributed by atoms with E-state index in [4.69, 9.17) is 9.59 Å². The largest absolute Gasteiger partial charge is 0.307 e. The molecule has 0 fully saturated rings. The molecular weight excluding hydrogens is 292 g/mol. The molecule has 0 saturated carbocycles. The normalized spacial score (nSPS) is 8.13. The lowest BCUT2D eigenvalue weighted by Gasteiger charge is -1.99. The molecule has 0 atom stereocenters. The average molecular weight is 316 g/mol. The van der Waals surface area contributed by atoms with Gasteiger partial charge in [-0.25, -0.2) is 0 Å². The summed E-state index contributed by atoms with van der Waals surface area (Å²) in [6.07, 6.45) is 5.93. The molecule has 5 heteroatoms. The summed E-state index contributed by atoms with van der Waals surface area (Å²) in [6, 6.07) is 9.21. The molecule has 0 bridgehead atoms. The average Bonchev–Trinajstić information content (AvgIpc) is 2.66. The Morgan fingerprint density at radius 2 is 1.48 bits per heavy atom. The van der Waals surface area contributed by atoms with Gasteiger partial charge in [-0.05, 0) is 31.2 Å². The molecule has 2 heterocycles. The number of rotatable bonds is 3. The lowest BCUT2D eigenvalue weighted by atomic mass is 10.2. The molecule has 0 unspecified atom stereocenters. The maximum atomic E-state index is 11.0. The third-order valence-corrected chi connectivity index (χ3v) is 2.60. The Hall–Kier alpha value is -2.69. The van der Waals surface area contributed by atoms with Crippen molar-refractivity contribution >= 4 is 19.4 Å². The molecular formula is C18H24N2O3. The van der Waals surface area contributed by atoms with Crippen LogP contribution in [-0.2, 0) is 9.59 Å². The monoisotopic (exact) mass is 316 g/mol. The second kappa shape index (κ2) is 15.7. The predicted molar refractivity (Wildman–Crippen MR) is 92.3 cm³/mol. The molecule has 0 aliphatic rings. The number of ketones is 1. The molecule has 23 heavy (non-hydrogen) atoms. The van der Waals surface area contributed by atoms with Gasteiger partial charge in [-0.15, -0.1) is 0 Å². The van der Waals surface area contributed by atoms with Gasteiger partial charge in [0.05, 0.1) is 11.4 Å². The van der Waals surface area contributed by atoms with E-state index in [0.717, 1.165) is 11.4 Å². The van der Waals surface area contributed by atoms with Crippen molar-refractivity contribution in [1.82, 2.24) is 9.97 Å². The number of carbonyl (C=O) groups is 3. The van der Waals surface area contributed by atoms with E-state index in [9.17, 15) is 4.79 Å². The fourth-order valence-electron chi connectivity index (χ4n) is 1.27. The lowest BCUT2D eigenvalue weighted by molar-refractivity contribution is -0.0987. The second-order valence-corrected chi connectivity index (χ2v) is 4.20. The van der Waals surface area contributed by atoms with Crippen LogP contribution in [0.3, 0.4) is 0 Å². The highest BCUT2D eigenvalue weighted by molar-refractivity contribution is 5.93. The zero-order valence-electron chi connectivity index (χ0n) is 14.0. The Balaban J connectivity index is 0. The smallest absolute Gasteiger partial charge is 0.161 e. The summed E-state index contributed by atoms with van der Waals surface area (Å²) in [5.74, 6) is 0.0232. The van der Waals surface area contributed by atoms with E-state index in [-0.39, 0.29) is 5.78 Å². The van der Waals surface area contributed by atoms with Crippen LogP contribution in [0.1, 0.15) is 44.0 Å². The van der Waals surface area contributed by atoms with Crippen molar-refractivity contribution in [3.63, 3.8) is 0 Å². The molecule has 0 saturated heterocycles. The van der Waals surface area contributed by atoms with E-state index in [0.29, 0.717) is 5.56 Å². The Kier molecular flexibility index (Phi) is 15.4. The highest BCUT2D eigenvalue weighted by Gasteiger charge is 2.02. The molecule has 2 aromatic rings. The van der Waals surface area contributed by atoms with E-state index >= 15 is 0 Å². The third kappa shape index (κ3) is 9.79. The number of Topliss-reactive ketones (excluding diaryl/α,β-unsaturated/α-hetero) is 1. The Labute approximate surface area is 137 Å². The van der Waals surface area contributed by atoms with Crippen LogP contribution in [-0.4, -0.2) is 29.3 Å². The van der Waals surface area contributed by atoms with Gasteiger partial charge in [-0.1, -0.05) is 32.8 Å². The molecule has 0 amide bonds. The minimum absolute atomic E-state index is 0.0232. The lowest BCUT2D eigenvalue weighted by Crippen LogP contribution is -1.94. The van der Waals surface area contributed by atoms with Crippen LogP contribution < -0.4 is 0 Å². The van der Waals surface area contributed by atoms with Gasteiger partial charge in [0.2, 0.25) is 0 Å². The van der Waals surface area contributed by atoms with Gasteiger partial charge in [0.15, 0.2) is 5.78 Å². The minimum atomic E-state index is 0.0232. The van der Waals surface area contributed by atoms with Crippen molar-refractivity contribution in [3.8, 4) is 11.4 Å². The molecule has 2 aromatic heterocycles. The number of unbranched alkanes of at least 4 members (excludes halogenated alkanes) is 1. The summed E-state index contributed by atoms with van der Waals surface area (Å²) < 4.78 is 0. The summed E-state index contributed by atoms with van der Waals surface area (Å²) in [4.78, 5) is 35.4. The molecule has 0 aromatic carbocycles. The van der Waals surface area contributed by atoms with Crippen LogP contribution in [0.5, 0.6) is 0 Å². The quantitative estimate of drug-likeness (QED) is 0.805. The van der Waals surface area contributed by atoms with Crippen LogP contribution in [0.2, 0.25) is 0 Å².